The van der Waals surface area contributed by atoms with Gasteiger partial charge < -0.3 is 15.2 Å². The molecule has 3 aromatic rings. The Hall–Kier alpha value is -3.31. The van der Waals surface area contributed by atoms with Crippen LogP contribution in [0.25, 0.3) is 0 Å². The van der Waals surface area contributed by atoms with Crippen LogP contribution in [-0.2, 0) is 17.6 Å². The van der Waals surface area contributed by atoms with Crippen LogP contribution in [0, 0.1) is 13.8 Å². The van der Waals surface area contributed by atoms with E-state index in [9.17, 15) is 4.79 Å². The van der Waals surface area contributed by atoms with Gasteiger partial charge in [0.25, 0.3) is 0 Å². The van der Waals surface area contributed by atoms with Crippen molar-refractivity contribution in [1.29, 1.82) is 0 Å². The van der Waals surface area contributed by atoms with Crippen LogP contribution in [-0.4, -0.2) is 31.6 Å². The Balaban J connectivity index is 1.76. The van der Waals surface area contributed by atoms with Gasteiger partial charge in [-0.25, -0.2) is 0 Å². The monoisotopic (exact) mass is 458 g/mol. The van der Waals surface area contributed by atoms with Crippen molar-refractivity contribution >= 4 is 5.91 Å². The number of aryl methyl sites for hydroxylation is 3. The van der Waals surface area contributed by atoms with Gasteiger partial charge in [0.1, 0.15) is 6.04 Å². The Labute approximate surface area is 202 Å². The number of hydrogen-bond acceptors (Lipinski definition) is 4. The molecule has 34 heavy (non-hydrogen) atoms. The summed E-state index contributed by atoms with van der Waals surface area (Å²) in [6, 6.07) is 20.2. The summed E-state index contributed by atoms with van der Waals surface area (Å²) in [5.41, 5.74) is 13.2. The fraction of sp³-hybridized carbons (Fsp3) is 0.345. The molecule has 0 saturated heterocycles. The van der Waals surface area contributed by atoms with E-state index < -0.39 is 6.04 Å². The first kappa shape index (κ1) is 23.8. The Morgan fingerprint density at radius 1 is 1.00 bits per heavy atom. The molecule has 0 aliphatic carbocycles. The zero-order chi connectivity index (χ0) is 24.2. The molecule has 0 bridgehead atoms. The summed E-state index contributed by atoms with van der Waals surface area (Å²) in [6.45, 7) is 5.01. The topological polar surface area (TPSA) is 64.8 Å². The first-order chi connectivity index (χ1) is 16.4. The molecule has 0 radical (unpaired) electrons. The van der Waals surface area contributed by atoms with Crippen LogP contribution < -0.4 is 15.2 Å². The van der Waals surface area contributed by atoms with E-state index >= 15 is 0 Å². The summed E-state index contributed by atoms with van der Waals surface area (Å²) in [6.07, 6.45) is 2.58. The predicted molar refractivity (Wildman–Crippen MR) is 135 cm³/mol. The maximum absolute atomic E-state index is 12.8. The molecule has 1 heterocycles. The Kier molecular flexibility index (Phi) is 7.23. The van der Waals surface area contributed by atoms with Crippen molar-refractivity contribution in [3.05, 3.63) is 94.0 Å². The maximum Gasteiger partial charge on any atom is 0.239 e. The van der Waals surface area contributed by atoms with Gasteiger partial charge in [0.15, 0.2) is 11.5 Å². The number of nitrogens with zero attached hydrogens (tertiary/aromatic N) is 1. The lowest BCUT2D eigenvalue weighted by Gasteiger charge is -2.41. The summed E-state index contributed by atoms with van der Waals surface area (Å²) in [5.74, 6) is 1.11. The van der Waals surface area contributed by atoms with Crippen molar-refractivity contribution in [3.63, 3.8) is 0 Å². The molecule has 1 unspecified atom stereocenters. The maximum atomic E-state index is 12.8. The predicted octanol–water partition coefficient (Wildman–Crippen LogP) is 5.08. The van der Waals surface area contributed by atoms with Crippen LogP contribution in [0.1, 0.15) is 51.9 Å². The summed E-state index contributed by atoms with van der Waals surface area (Å²) in [4.78, 5) is 15.1. The minimum Gasteiger partial charge on any atom is -0.493 e. The van der Waals surface area contributed by atoms with E-state index in [1.165, 1.54) is 27.8 Å². The van der Waals surface area contributed by atoms with E-state index in [-0.39, 0.29) is 11.9 Å². The van der Waals surface area contributed by atoms with Crippen molar-refractivity contribution in [2.24, 2.45) is 5.73 Å². The zero-order valence-corrected chi connectivity index (χ0v) is 20.5. The standard InChI is InChI=1S/C29H34N2O3/c1-19-14-20(2)16-21(15-19)10-11-25-24-18-27(34-4)26(33-3)17-23(24)12-13-31(25)28(29(30)32)22-8-6-5-7-9-22/h5-9,14-18,25,28H,10-13H2,1-4H3,(H2,30,32)/t25-,28?/m0/s1. The number of carbonyl (C=O) groups excluding carboxylic acids is 1. The zero-order valence-electron chi connectivity index (χ0n) is 20.5. The number of hydrogen-bond donors (Lipinski definition) is 1. The van der Waals surface area contributed by atoms with Crippen LogP contribution in [0.15, 0.2) is 60.7 Å². The minimum atomic E-state index is -0.494. The third-order valence-corrected chi connectivity index (χ3v) is 6.75. The average molecular weight is 459 g/mol. The van der Waals surface area contributed by atoms with Crippen LogP contribution in [0.2, 0.25) is 0 Å². The quantitative estimate of drug-likeness (QED) is 0.511. The molecule has 2 N–H and O–H groups in total. The number of ether oxygens (including phenoxy) is 2. The smallest absolute Gasteiger partial charge is 0.239 e. The second-order valence-corrected chi connectivity index (χ2v) is 9.16. The van der Waals surface area contributed by atoms with Gasteiger partial charge in [-0.15, -0.1) is 0 Å². The summed E-state index contributed by atoms with van der Waals surface area (Å²) in [7, 11) is 3.32. The number of methoxy groups -OCH3 is 2. The SMILES string of the molecule is COc1cc2c(cc1OC)[C@H](CCc1cc(C)cc(C)c1)N(C(C(N)=O)c1ccccc1)CC2. The normalized spacial score (nSPS) is 16.5. The van der Waals surface area contributed by atoms with Crippen molar-refractivity contribution in [2.75, 3.05) is 20.8 Å². The number of nitrogens with two attached hydrogens (primary N) is 1. The molecule has 1 amide bonds. The van der Waals surface area contributed by atoms with Gasteiger partial charge in [0.05, 0.1) is 14.2 Å². The lowest BCUT2D eigenvalue weighted by Crippen LogP contribution is -2.44. The highest BCUT2D eigenvalue weighted by Gasteiger charge is 2.36. The molecular weight excluding hydrogens is 424 g/mol. The fourth-order valence-corrected chi connectivity index (χ4v) is 5.35. The molecule has 3 aromatic carbocycles. The van der Waals surface area contributed by atoms with Crippen LogP contribution in [0.5, 0.6) is 11.5 Å². The highest BCUT2D eigenvalue weighted by Crippen LogP contribution is 2.43. The number of fused-ring (bicyclic) bond motifs is 1. The Morgan fingerprint density at radius 2 is 1.65 bits per heavy atom. The van der Waals surface area contributed by atoms with Crippen molar-refractivity contribution in [3.8, 4) is 11.5 Å². The third-order valence-electron chi connectivity index (χ3n) is 6.75. The van der Waals surface area contributed by atoms with Crippen molar-refractivity contribution < 1.29 is 14.3 Å². The lowest BCUT2D eigenvalue weighted by atomic mass is 9.86. The van der Waals surface area contributed by atoms with Gasteiger partial charge in [0.2, 0.25) is 5.91 Å². The molecule has 5 heteroatoms. The van der Waals surface area contributed by atoms with E-state index in [0.717, 1.165) is 37.1 Å². The largest absolute Gasteiger partial charge is 0.493 e. The first-order valence-electron chi connectivity index (χ1n) is 11.8. The Bertz CT molecular complexity index is 1140. The lowest BCUT2D eigenvalue weighted by molar-refractivity contribution is -0.124. The molecular formula is C29H34N2O3. The number of rotatable bonds is 8. The van der Waals surface area contributed by atoms with E-state index in [1.807, 2.05) is 30.3 Å². The highest BCUT2D eigenvalue weighted by molar-refractivity contribution is 5.81. The Morgan fingerprint density at radius 3 is 2.26 bits per heavy atom. The molecule has 5 nitrogen and oxygen atoms in total. The second-order valence-electron chi connectivity index (χ2n) is 9.16. The van der Waals surface area contributed by atoms with Gasteiger partial charge in [-0.1, -0.05) is 59.7 Å². The van der Waals surface area contributed by atoms with Gasteiger partial charge >= 0.3 is 0 Å². The minimum absolute atomic E-state index is 0.0158. The summed E-state index contributed by atoms with van der Waals surface area (Å²) in [5, 5.41) is 0. The number of benzene rings is 3. The van der Waals surface area contributed by atoms with E-state index in [2.05, 4.69) is 49.1 Å². The number of carbonyl (C=O) groups is 1. The van der Waals surface area contributed by atoms with E-state index in [4.69, 9.17) is 15.2 Å². The van der Waals surface area contributed by atoms with Gasteiger partial charge in [-0.05, 0) is 67.5 Å². The average Bonchev–Trinajstić information content (AvgIpc) is 2.82. The first-order valence-corrected chi connectivity index (χ1v) is 11.8. The molecule has 0 fully saturated rings. The number of primary amides is 1. The van der Waals surface area contributed by atoms with Crippen molar-refractivity contribution in [2.45, 2.75) is 45.2 Å². The molecule has 0 aromatic heterocycles. The van der Waals surface area contributed by atoms with E-state index in [0.29, 0.717) is 5.75 Å². The fourth-order valence-electron chi connectivity index (χ4n) is 5.35. The molecule has 1 aliphatic rings. The van der Waals surface area contributed by atoms with Crippen LogP contribution in [0.3, 0.4) is 0 Å². The van der Waals surface area contributed by atoms with Gasteiger partial charge in [-0.3, -0.25) is 9.69 Å². The molecule has 2 atom stereocenters. The molecule has 0 spiro atoms. The van der Waals surface area contributed by atoms with Gasteiger partial charge in [0, 0.05) is 12.6 Å². The summed E-state index contributed by atoms with van der Waals surface area (Å²) < 4.78 is 11.2. The van der Waals surface area contributed by atoms with Crippen LogP contribution >= 0.6 is 0 Å². The number of amides is 1. The molecule has 178 valence electrons. The highest BCUT2D eigenvalue weighted by atomic mass is 16.5. The van der Waals surface area contributed by atoms with E-state index in [1.54, 1.807) is 14.2 Å². The molecule has 0 saturated carbocycles. The molecule has 4 rings (SSSR count). The van der Waals surface area contributed by atoms with Crippen LogP contribution in [0.4, 0.5) is 0 Å². The van der Waals surface area contributed by atoms with Crippen molar-refractivity contribution in [1.82, 2.24) is 4.90 Å². The summed E-state index contributed by atoms with van der Waals surface area (Å²) >= 11 is 0. The van der Waals surface area contributed by atoms with Gasteiger partial charge in [-0.2, -0.15) is 0 Å². The third kappa shape index (κ3) is 4.95. The molecule has 1 aliphatic heterocycles. The second kappa shape index (κ2) is 10.3.